The molecule has 0 saturated carbocycles. The fraction of sp³-hybridized carbons (Fsp3) is 0.0952. The molecular weight excluding hydrogens is 326 g/mol. The topological polar surface area (TPSA) is 62.3 Å². The molecule has 26 heavy (non-hydrogen) atoms. The molecule has 2 aromatic carbocycles. The summed E-state index contributed by atoms with van der Waals surface area (Å²) in [4.78, 5) is 31.1. The second-order valence-corrected chi connectivity index (χ2v) is 6.25. The van der Waals surface area contributed by atoms with Crippen molar-refractivity contribution in [1.82, 2.24) is 9.88 Å². The van der Waals surface area contributed by atoms with Crippen LogP contribution in [0.25, 0.3) is 16.6 Å². The quantitative estimate of drug-likeness (QED) is 0.789. The average Bonchev–Trinajstić information content (AvgIpc) is 2.92. The van der Waals surface area contributed by atoms with Crippen LogP contribution in [0.4, 0.5) is 5.69 Å². The first-order valence-corrected chi connectivity index (χ1v) is 8.34. The van der Waals surface area contributed by atoms with E-state index in [0.717, 1.165) is 16.5 Å². The van der Waals surface area contributed by atoms with Crippen molar-refractivity contribution in [2.24, 2.45) is 0 Å². The summed E-state index contributed by atoms with van der Waals surface area (Å²) >= 11 is 0. The van der Waals surface area contributed by atoms with Crippen molar-refractivity contribution in [1.29, 1.82) is 0 Å². The van der Waals surface area contributed by atoms with Crippen LogP contribution in [0.3, 0.4) is 0 Å². The van der Waals surface area contributed by atoms with Crippen molar-refractivity contribution in [3.63, 3.8) is 0 Å². The van der Waals surface area contributed by atoms with Crippen LogP contribution in [0.2, 0.25) is 0 Å². The summed E-state index contributed by atoms with van der Waals surface area (Å²) < 4.78 is 0. The molecule has 0 saturated heterocycles. The Morgan fingerprint density at radius 1 is 1.12 bits per heavy atom. The maximum absolute atomic E-state index is 12.7. The summed E-state index contributed by atoms with van der Waals surface area (Å²) in [5.74, 6) is -0.491. The van der Waals surface area contributed by atoms with Crippen LogP contribution in [0.15, 0.2) is 67.4 Å². The van der Waals surface area contributed by atoms with Crippen LogP contribution in [-0.2, 0) is 4.79 Å². The molecule has 2 heterocycles. The SMILES string of the molecule is C=C1c2ccccc2C(=O)N1[C@H](C)C(=O)Nc1cnc2ccccc2c1. The Morgan fingerprint density at radius 3 is 2.58 bits per heavy atom. The van der Waals surface area contributed by atoms with Crippen molar-refractivity contribution >= 4 is 34.1 Å². The number of hydrogen-bond acceptors (Lipinski definition) is 3. The highest BCUT2D eigenvalue weighted by atomic mass is 16.2. The maximum atomic E-state index is 12.7. The number of carbonyl (C=O) groups is 2. The highest BCUT2D eigenvalue weighted by Crippen LogP contribution is 2.33. The molecule has 2 amide bonds. The lowest BCUT2D eigenvalue weighted by Crippen LogP contribution is -2.41. The lowest BCUT2D eigenvalue weighted by Gasteiger charge is -2.24. The number of rotatable bonds is 3. The van der Waals surface area contributed by atoms with Crippen molar-refractivity contribution in [3.8, 4) is 0 Å². The van der Waals surface area contributed by atoms with Gasteiger partial charge in [0.1, 0.15) is 6.04 Å². The molecule has 1 aliphatic rings. The minimum absolute atomic E-state index is 0.204. The van der Waals surface area contributed by atoms with Gasteiger partial charge in [0.05, 0.1) is 17.4 Å². The van der Waals surface area contributed by atoms with Gasteiger partial charge in [0.25, 0.3) is 5.91 Å². The highest BCUT2D eigenvalue weighted by molar-refractivity contribution is 6.12. The Labute approximate surface area is 151 Å². The minimum atomic E-state index is -0.686. The van der Waals surface area contributed by atoms with E-state index < -0.39 is 6.04 Å². The summed E-state index contributed by atoms with van der Waals surface area (Å²) in [6.45, 7) is 5.68. The normalized spacial score (nSPS) is 14.4. The molecule has 0 spiro atoms. The molecule has 0 fully saturated rings. The zero-order valence-electron chi connectivity index (χ0n) is 14.3. The largest absolute Gasteiger partial charge is 0.323 e. The molecule has 0 bridgehead atoms. The number of para-hydroxylation sites is 1. The van der Waals surface area contributed by atoms with Gasteiger partial charge in [-0.2, -0.15) is 0 Å². The van der Waals surface area contributed by atoms with E-state index in [2.05, 4.69) is 16.9 Å². The summed E-state index contributed by atoms with van der Waals surface area (Å²) in [6, 6.07) is 16.1. The molecule has 3 aromatic rings. The van der Waals surface area contributed by atoms with E-state index in [1.807, 2.05) is 42.5 Å². The Kier molecular flexibility index (Phi) is 3.77. The minimum Gasteiger partial charge on any atom is -0.323 e. The third-order valence-electron chi connectivity index (χ3n) is 4.60. The van der Waals surface area contributed by atoms with E-state index in [1.165, 1.54) is 4.90 Å². The predicted octanol–water partition coefficient (Wildman–Crippen LogP) is 3.69. The number of hydrogen-bond donors (Lipinski definition) is 1. The first-order chi connectivity index (χ1) is 12.6. The number of pyridine rings is 1. The molecular formula is C21H17N3O2. The van der Waals surface area contributed by atoms with Crippen molar-refractivity contribution < 1.29 is 9.59 Å². The number of benzene rings is 2. The zero-order chi connectivity index (χ0) is 18.3. The Balaban J connectivity index is 1.56. The number of amides is 2. The number of aromatic nitrogens is 1. The van der Waals surface area contributed by atoms with E-state index in [1.54, 1.807) is 25.3 Å². The van der Waals surface area contributed by atoms with Crippen LogP contribution in [0.1, 0.15) is 22.8 Å². The maximum Gasteiger partial charge on any atom is 0.259 e. The molecule has 5 heteroatoms. The first-order valence-electron chi connectivity index (χ1n) is 8.34. The highest BCUT2D eigenvalue weighted by Gasteiger charge is 2.36. The molecule has 128 valence electrons. The Bertz CT molecular complexity index is 1020. The zero-order valence-corrected chi connectivity index (χ0v) is 14.3. The van der Waals surface area contributed by atoms with Crippen LogP contribution in [0, 0.1) is 0 Å². The van der Waals surface area contributed by atoms with Crippen LogP contribution in [-0.4, -0.2) is 27.7 Å². The summed E-state index contributed by atoms with van der Waals surface area (Å²) in [5.41, 5.74) is 3.34. The monoisotopic (exact) mass is 343 g/mol. The fourth-order valence-corrected chi connectivity index (χ4v) is 3.22. The lowest BCUT2D eigenvalue weighted by molar-refractivity contribution is -0.119. The Hall–Kier alpha value is -3.47. The van der Waals surface area contributed by atoms with Crippen LogP contribution in [0.5, 0.6) is 0 Å². The molecule has 4 rings (SSSR count). The standard InChI is InChI=1S/C21H17N3O2/c1-13-17-8-4-5-9-18(17)21(26)24(13)14(2)20(25)23-16-11-15-7-3-6-10-19(15)22-12-16/h3-12,14H,1H2,2H3,(H,23,25)/t14-/m1/s1. The van der Waals surface area contributed by atoms with Gasteiger partial charge < -0.3 is 5.32 Å². The van der Waals surface area contributed by atoms with Crippen molar-refractivity contribution in [2.75, 3.05) is 5.32 Å². The molecule has 1 aliphatic heterocycles. The van der Waals surface area contributed by atoms with E-state index in [-0.39, 0.29) is 11.8 Å². The van der Waals surface area contributed by atoms with E-state index >= 15 is 0 Å². The third-order valence-corrected chi connectivity index (χ3v) is 4.60. The number of nitrogens with one attached hydrogen (secondary N) is 1. The van der Waals surface area contributed by atoms with E-state index in [4.69, 9.17) is 0 Å². The lowest BCUT2D eigenvalue weighted by atomic mass is 10.1. The summed E-state index contributed by atoms with van der Waals surface area (Å²) in [5, 5.41) is 3.78. The second-order valence-electron chi connectivity index (χ2n) is 6.25. The van der Waals surface area contributed by atoms with Gasteiger partial charge in [-0.1, -0.05) is 43.0 Å². The summed E-state index contributed by atoms with van der Waals surface area (Å²) in [7, 11) is 0. The molecule has 1 atom stereocenters. The molecule has 1 N–H and O–H groups in total. The Morgan fingerprint density at radius 2 is 1.81 bits per heavy atom. The molecule has 0 aliphatic carbocycles. The van der Waals surface area contributed by atoms with Gasteiger partial charge in [-0.15, -0.1) is 0 Å². The first kappa shape index (κ1) is 16.0. The van der Waals surface area contributed by atoms with Crippen LogP contribution >= 0.6 is 0 Å². The van der Waals surface area contributed by atoms with Gasteiger partial charge >= 0.3 is 0 Å². The van der Waals surface area contributed by atoms with E-state index in [9.17, 15) is 9.59 Å². The summed E-state index contributed by atoms with van der Waals surface area (Å²) in [6.07, 6.45) is 1.61. The average molecular weight is 343 g/mol. The molecule has 1 aromatic heterocycles. The molecule has 5 nitrogen and oxygen atoms in total. The van der Waals surface area contributed by atoms with Crippen molar-refractivity contribution in [3.05, 3.63) is 78.5 Å². The van der Waals surface area contributed by atoms with Gasteiger partial charge in [-0.25, -0.2) is 0 Å². The number of carbonyl (C=O) groups excluding carboxylic acids is 2. The van der Waals surface area contributed by atoms with Gasteiger partial charge in [-0.3, -0.25) is 19.5 Å². The number of nitrogens with zero attached hydrogens (tertiary/aromatic N) is 2. The van der Waals surface area contributed by atoms with Gasteiger partial charge in [-0.05, 0) is 25.1 Å². The molecule has 0 unspecified atom stereocenters. The van der Waals surface area contributed by atoms with Gasteiger partial charge in [0.2, 0.25) is 5.91 Å². The number of fused-ring (bicyclic) bond motifs is 2. The van der Waals surface area contributed by atoms with Gasteiger partial charge in [0, 0.05) is 22.2 Å². The predicted molar refractivity (Wildman–Crippen MR) is 101 cm³/mol. The van der Waals surface area contributed by atoms with Crippen LogP contribution < -0.4 is 5.32 Å². The number of anilines is 1. The second kappa shape index (κ2) is 6.11. The van der Waals surface area contributed by atoms with Gasteiger partial charge in [0.15, 0.2) is 0 Å². The van der Waals surface area contributed by atoms with E-state index in [0.29, 0.717) is 16.9 Å². The third kappa shape index (κ3) is 2.54. The fourth-order valence-electron chi connectivity index (χ4n) is 3.22. The van der Waals surface area contributed by atoms with Crippen molar-refractivity contribution in [2.45, 2.75) is 13.0 Å². The molecule has 0 radical (unpaired) electrons. The smallest absolute Gasteiger partial charge is 0.259 e.